The Bertz CT molecular complexity index is 348. The molecule has 0 aliphatic heterocycles. The lowest BCUT2D eigenvalue weighted by Crippen LogP contribution is -1.93. The van der Waals surface area contributed by atoms with Gasteiger partial charge in [-0.05, 0) is 12.1 Å². The molecule has 0 saturated carbocycles. The predicted molar refractivity (Wildman–Crippen MR) is 43.9 cm³/mol. The molecule has 3 nitrogen and oxygen atoms in total. The molecule has 0 amide bonds. The van der Waals surface area contributed by atoms with Crippen LogP contribution in [-0.4, -0.2) is 9.67 Å². The van der Waals surface area contributed by atoms with E-state index in [2.05, 4.69) is 0 Å². The van der Waals surface area contributed by atoms with Crippen LogP contribution in [0.4, 0.5) is 0 Å². The number of hydrogen-bond acceptors (Lipinski definition) is 2. The fourth-order valence-electron chi connectivity index (χ4n) is 1.09. The standard InChI is InChI=1S/C9H9NO2/c11-8-3-6-12-9(8)7-10-4-1-2-5-10/h1-6,11H,7H2. The molecule has 0 spiro atoms. The largest absolute Gasteiger partial charge is 0.504 e. The molecule has 0 bridgehead atoms. The second kappa shape index (κ2) is 2.77. The van der Waals surface area contributed by atoms with Gasteiger partial charge in [-0.3, -0.25) is 0 Å². The van der Waals surface area contributed by atoms with Crippen LogP contribution in [0.2, 0.25) is 0 Å². The minimum absolute atomic E-state index is 0.212. The first-order valence-electron chi connectivity index (χ1n) is 3.72. The van der Waals surface area contributed by atoms with Crippen molar-refractivity contribution in [2.75, 3.05) is 0 Å². The summed E-state index contributed by atoms with van der Waals surface area (Å²) in [6, 6.07) is 5.40. The van der Waals surface area contributed by atoms with Crippen molar-refractivity contribution in [1.82, 2.24) is 4.57 Å². The summed E-state index contributed by atoms with van der Waals surface area (Å²) in [4.78, 5) is 0. The van der Waals surface area contributed by atoms with E-state index in [1.807, 2.05) is 29.1 Å². The van der Waals surface area contributed by atoms with Gasteiger partial charge in [0, 0.05) is 18.5 Å². The number of aromatic hydroxyl groups is 1. The van der Waals surface area contributed by atoms with Crippen LogP contribution in [-0.2, 0) is 6.54 Å². The highest BCUT2D eigenvalue weighted by Crippen LogP contribution is 2.18. The summed E-state index contributed by atoms with van der Waals surface area (Å²) in [5, 5.41) is 9.24. The Hall–Kier alpha value is -1.64. The molecule has 0 radical (unpaired) electrons. The van der Waals surface area contributed by atoms with Crippen molar-refractivity contribution < 1.29 is 9.52 Å². The van der Waals surface area contributed by atoms with E-state index in [0.29, 0.717) is 12.3 Å². The molecule has 3 heteroatoms. The van der Waals surface area contributed by atoms with Crippen LogP contribution in [0, 0.1) is 0 Å². The van der Waals surface area contributed by atoms with Crippen LogP contribution < -0.4 is 0 Å². The molecule has 62 valence electrons. The van der Waals surface area contributed by atoms with Crippen molar-refractivity contribution in [2.24, 2.45) is 0 Å². The smallest absolute Gasteiger partial charge is 0.164 e. The monoisotopic (exact) mass is 163 g/mol. The predicted octanol–water partition coefficient (Wildman–Crippen LogP) is 1.83. The molecule has 2 aromatic heterocycles. The van der Waals surface area contributed by atoms with Crippen molar-refractivity contribution in [3.8, 4) is 5.75 Å². The third kappa shape index (κ3) is 1.21. The Morgan fingerprint density at radius 3 is 2.67 bits per heavy atom. The van der Waals surface area contributed by atoms with Gasteiger partial charge < -0.3 is 14.1 Å². The van der Waals surface area contributed by atoms with Crippen LogP contribution >= 0.6 is 0 Å². The Morgan fingerprint density at radius 2 is 2.08 bits per heavy atom. The van der Waals surface area contributed by atoms with Gasteiger partial charge in [-0.25, -0.2) is 0 Å². The molecule has 2 aromatic rings. The van der Waals surface area contributed by atoms with E-state index >= 15 is 0 Å². The highest BCUT2D eigenvalue weighted by molar-refractivity contribution is 5.22. The lowest BCUT2D eigenvalue weighted by atomic mass is 10.4. The molecule has 0 aromatic carbocycles. The summed E-state index contributed by atoms with van der Waals surface area (Å²) in [6.45, 7) is 0.575. The average molecular weight is 163 g/mol. The van der Waals surface area contributed by atoms with E-state index in [-0.39, 0.29) is 5.75 Å². The summed E-state index contributed by atoms with van der Waals surface area (Å²) in [6.07, 6.45) is 5.32. The van der Waals surface area contributed by atoms with Crippen LogP contribution in [0.1, 0.15) is 5.76 Å². The molecular weight excluding hydrogens is 154 g/mol. The zero-order chi connectivity index (χ0) is 8.39. The van der Waals surface area contributed by atoms with Crippen LogP contribution in [0.25, 0.3) is 0 Å². The van der Waals surface area contributed by atoms with Gasteiger partial charge in [0.15, 0.2) is 11.5 Å². The molecule has 0 aliphatic rings. The topological polar surface area (TPSA) is 38.3 Å². The molecule has 2 rings (SSSR count). The summed E-state index contributed by atoms with van der Waals surface area (Å²) in [7, 11) is 0. The number of aromatic nitrogens is 1. The van der Waals surface area contributed by atoms with Crippen molar-refractivity contribution in [1.29, 1.82) is 0 Å². The van der Waals surface area contributed by atoms with E-state index in [4.69, 9.17) is 4.42 Å². The minimum atomic E-state index is 0.212. The molecule has 1 N–H and O–H groups in total. The fourth-order valence-corrected chi connectivity index (χ4v) is 1.09. The van der Waals surface area contributed by atoms with Gasteiger partial charge in [0.05, 0.1) is 12.8 Å². The summed E-state index contributed by atoms with van der Waals surface area (Å²) in [5.74, 6) is 0.801. The SMILES string of the molecule is Oc1ccoc1Cn1cccc1. The van der Waals surface area contributed by atoms with Gasteiger partial charge >= 0.3 is 0 Å². The first-order chi connectivity index (χ1) is 5.86. The molecule has 0 fully saturated rings. The Kier molecular flexibility index (Phi) is 1.63. The van der Waals surface area contributed by atoms with Crippen LogP contribution in [0.5, 0.6) is 5.75 Å². The third-order valence-corrected chi connectivity index (χ3v) is 1.71. The molecule has 0 saturated heterocycles. The van der Waals surface area contributed by atoms with Gasteiger partial charge in [0.25, 0.3) is 0 Å². The summed E-state index contributed by atoms with van der Waals surface area (Å²) in [5.41, 5.74) is 0. The maximum Gasteiger partial charge on any atom is 0.164 e. The van der Waals surface area contributed by atoms with Gasteiger partial charge in [-0.15, -0.1) is 0 Å². The van der Waals surface area contributed by atoms with Gasteiger partial charge in [-0.2, -0.15) is 0 Å². The second-order valence-corrected chi connectivity index (χ2v) is 2.58. The summed E-state index contributed by atoms with van der Waals surface area (Å²) < 4.78 is 7.00. The molecule has 0 aliphatic carbocycles. The first kappa shape index (κ1) is 7.03. The van der Waals surface area contributed by atoms with E-state index in [9.17, 15) is 5.11 Å². The highest BCUT2D eigenvalue weighted by atomic mass is 16.4. The molecule has 0 atom stereocenters. The molecule has 0 unspecified atom stereocenters. The molecular formula is C9H9NO2. The summed E-state index contributed by atoms with van der Waals surface area (Å²) >= 11 is 0. The van der Waals surface area contributed by atoms with Gasteiger partial charge in [-0.1, -0.05) is 0 Å². The number of nitrogens with zero attached hydrogens (tertiary/aromatic N) is 1. The maximum absolute atomic E-state index is 9.24. The third-order valence-electron chi connectivity index (χ3n) is 1.71. The zero-order valence-corrected chi connectivity index (χ0v) is 6.47. The van der Waals surface area contributed by atoms with E-state index in [0.717, 1.165) is 0 Å². The molecule has 12 heavy (non-hydrogen) atoms. The molecule has 2 heterocycles. The minimum Gasteiger partial charge on any atom is -0.504 e. The number of rotatable bonds is 2. The van der Waals surface area contributed by atoms with Crippen molar-refractivity contribution in [3.63, 3.8) is 0 Å². The second-order valence-electron chi connectivity index (χ2n) is 2.58. The van der Waals surface area contributed by atoms with E-state index in [1.165, 1.54) is 6.26 Å². The van der Waals surface area contributed by atoms with Gasteiger partial charge in [0.2, 0.25) is 0 Å². The Balaban J connectivity index is 2.20. The van der Waals surface area contributed by atoms with Crippen LogP contribution in [0.3, 0.4) is 0 Å². The number of hydrogen-bond donors (Lipinski definition) is 1. The quantitative estimate of drug-likeness (QED) is 0.733. The Labute approximate surface area is 69.9 Å². The van der Waals surface area contributed by atoms with Gasteiger partial charge in [0.1, 0.15) is 0 Å². The Morgan fingerprint density at radius 1 is 1.33 bits per heavy atom. The normalized spacial score (nSPS) is 10.3. The highest BCUT2D eigenvalue weighted by Gasteiger charge is 2.03. The van der Waals surface area contributed by atoms with Crippen molar-refractivity contribution in [3.05, 3.63) is 42.6 Å². The van der Waals surface area contributed by atoms with Crippen molar-refractivity contribution in [2.45, 2.75) is 6.54 Å². The lowest BCUT2D eigenvalue weighted by molar-refractivity contribution is 0.424. The maximum atomic E-state index is 9.24. The fraction of sp³-hybridized carbons (Fsp3) is 0.111. The first-order valence-corrected chi connectivity index (χ1v) is 3.72. The zero-order valence-electron chi connectivity index (χ0n) is 6.47. The van der Waals surface area contributed by atoms with E-state index in [1.54, 1.807) is 6.07 Å². The van der Waals surface area contributed by atoms with E-state index < -0.39 is 0 Å². The number of furan rings is 1. The lowest BCUT2D eigenvalue weighted by Gasteiger charge is -1.98. The average Bonchev–Trinajstić information content (AvgIpc) is 2.65. The van der Waals surface area contributed by atoms with Crippen molar-refractivity contribution >= 4 is 0 Å². The van der Waals surface area contributed by atoms with Crippen LogP contribution in [0.15, 0.2) is 41.3 Å².